The summed E-state index contributed by atoms with van der Waals surface area (Å²) in [5.74, 6) is -2.10. The number of halogens is 5. The number of amides is 1. The smallest absolute Gasteiger partial charge is 0.344 e. The number of rotatable bonds is 4. The van der Waals surface area contributed by atoms with Gasteiger partial charge in [0.05, 0.1) is 16.8 Å². The Labute approximate surface area is 169 Å². The Bertz CT molecular complexity index is 1060. The molecule has 3 aromatic rings. The molecule has 0 aliphatic carbocycles. The normalized spacial score (nSPS) is 11.3. The van der Waals surface area contributed by atoms with Crippen LogP contribution in [0.25, 0.3) is 0 Å². The summed E-state index contributed by atoms with van der Waals surface area (Å²) in [6, 6.07) is 12.4. The first-order chi connectivity index (χ1) is 14.1. The molecule has 0 heterocycles. The van der Waals surface area contributed by atoms with Crippen LogP contribution in [0.15, 0.2) is 60.7 Å². The third-order valence-electron chi connectivity index (χ3n) is 4.59. The number of nitrogens with zero attached hydrogens (tertiary/aromatic N) is 1. The van der Waals surface area contributed by atoms with Crippen molar-refractivity contribution in [2.75, 3.05) is 17.3 Å². The number of nitrogens with one attached hydrogen (secondary N) is 1. The highest BCUT2D eigenvalue weighted by atomic mass is 19.4. The Morgan fingerprint density at radius 1 is 0.967 bits per heavy atom. The van der Waals surface area contributed by atoms with E-state index < -0.39 is 29.3 Å². The van der Waals surface area contributed by atoms with Crippen molar-refractivity contribution in [3.05, 3.63) is 89.0 Å². The second-order valence-electron chi connectivity index (χ2n) is 6.65. The van der Waals surface area contributed by atoms with Gasteiger partial charge in [0.15, 0.2) is 0 Å². The summed E-state index contributed by atoms with van der Waals surface area (Å²) in [5.41, 5.74) is -0.274. The Hall–Kier alpha value is -3.42. The predicted molar refractivity (Wildman–Crippen MR) is 105 cm³/mol. The van der Waals surface area contributed by atoms with Crippen molar-refractivity contribution < 1.29 is 26.7 Å². The summed E-state index contributed by atoms with van der Waals surface area (Å²) in [7, 11) is 1.38. The van der Waals surface area contributed by atoms with E-state index in [0.29, 0.717) is 23.0 Å². The highest BCUT2D eigenvalue weighted by Crippen LogP contribution is 2.39. The minimum absolute atomic E-state index is 0.0896. The van der Waals surface area contributed by atoms with Crippen molar-refractivity contribution in [3.63, 3.8) is 0 Å². The van der Waals surface area contributed by atoms with E-state index >= 15 is 0 Å². The van der Waals surface area contributed by atoms with Crippen LogP contribution in [0.1, 0.15) is 21.5 Å². The van der Waals surface area contributed by atoms with Crippen LogP contribution in [-0.2, 0) is 6.18 Å². The van der Waals surface area contributed by atoms with Crippen LogP contribution in [0.2, 0.25) is 0 Å². The molecular weight excluding hydrogens is 403 g/mol. The maximum atomic E-state index is 13.9. The Balaban J connectivity index is 1.85. The van der Waals surface area contributed by atoms with Crippen molar-refractivity contribution in [1.82, 2.24) is 0 Å². The van der Waals surface area contributed by atoms with Gasteiger partial charge in [0.1, 0.15) is 11.6 Å². The lowest BCUT2D eigenvalue weighted by Gasteiger charge is -2.24. The van der Waals surface area contributed by atoms with E-state index in [9.17, 15) is 26.7 Å². The lowest BCUT2D eigenvalue weighted by molar-refractivity contribution is -0.137. The fraction of sp³-hybridized carbons (Fsp3) is 0.136. The second-order valence-corrected chi connectivity index (χ2v) is 6.65. The number of benzene rings is 3. The highest BCUT2D eigenvalue weighted by Gasteiger charge is 2.34. The molecule has 8 heteroatoms. The molecule has 0 bridgehead atoms. The van der Waals surface area contributed by atoms with Gasteiger partial charge in [0, 0.05) is 18.4 Å². The molecule has 0 spiro atoms. The standard InChI is InChI=1S/C22H17F5N2O/c1-13-4-3-5-18(24)20(13)21(30)28-15-7-9-16(10-8-15)29(2)19-12-14(23)6-11-17(19)22(25,26)27/h3-12H,1-2H3,(H,28,30). The predicted octanol–water partition coefficient (Wildman–Crippen LogP) is 6.31. The molecule has 0 fully saturated rings. The van der Waals surface area contributed by atoms with Gasteiger partial charge in [0.2, 0.25) is 0 Å². The van der Waals surface area contributed by atoms with Gasteiger partial charge < -0.3 is 10.2 Å². The molecule has 0 unspecified atom stereocenters. The van der Waals surface area contributed by atoms with Crippen LogP contribution >= 0.6 is 0 Å². The number of aryl methyl sites for hydroxylation is 1. The fourth-order valence-corrected chi connectivity index (χ4v) is 3.04. The molecule has 0 aromatic heterocycles. The Morgan fingerprint density at radius 2 is 1.63 bits per heavy atom. The molecule has 0 aliphatic heterocycles. The SMILES string of the molecule is Cc1cccc(F)c1C(=O)Nc1ccc(N(C)c2cc(F)ccc2C(F)(F)F)cc1. The van der Waals surface area contributed by atoms with Crippen LogP contribution in [0.5, 0.6) is 0 Å². The molecule has 3 aromatic carbocycles. The zero-order valence-corrected chi connectivity index (χ0v) is 16.0. The van der Waals surface area contributed by atoms with Crippen molar-refractivity contribution in [2.45, 2.75) is 13.1 Å². The number of alkyl halides is 3. The fourth-order valence-electron chi connectivity index (χ4n) is 3.04. The number of carbonyl (C=O) groups is 1. The minimum atomic E-state index is -4.65. The molecule has 0 saturated carbocycles. The van der Waals surface area contributed by atoms with Gasteiger partial charge in [-0.15, -0.1) is 0 Å². The molecule has 0 atom stereocenters. The first kappa shape index (κ1) is 21.3. The first-order valence-corrected chi connectivity index (χ1v) is 8.85. The number of carbonyl (C=O) groups excluding carboxylic acids is 1. The summed E-state index contributed by atoms with van der Waals surface area (Å²) in [5, 5.41) is 2.55. The van der Waals surface area contributed by atoms with Crippen LogP contribution in [0.4, 0.5) is 39.0 Å². The lowest BCUT2D eigenvalue weighted by Crippen LogP contribution is -2.17. The van der Waals surface area contributed by atoms with Gasteiger partial charge in [-0.25, -0.2) is 8.78 Å². The summed E-state index contributed by atoms with van der Waals surface area (Å²) >= 11 is 0. The zero-order valence-electron chi connectivity index (χ0n) is 16.0. The molecule has 0 saturated heterocycles. The average Bonchev–Trinajstić information content (AvgIpc) is 2.67. The van der Waals surface area contributed by atoms with Crippen LogP contribution < -0.4 is 10.2 Å². The molecule has 1 N–H and O–H groups in total. The highest BCUT2D eigenvalue weighted by molar-refractivity contribution is 6.05. The van der Waals surface area contributed by atoms with Crippen LogP contribution in [-0.4, -0.2) is 13.0 Å². The van der Waals surface area contributed by atoms with E-state index in [-0.39, 0.29) is 11.3 Å². The largest absolute Gasteiger partial charge is 0.418 e. The number of hydrogen-bond acceptors (Lipinski definition) is 2. The molecular formula is C22H17F5N2O. The minimum Gasteiger partial charge on any atom is -0.344 e. The second kappa shape index (κ2) is 8.14. The maximum Gasteiger partial charge on any atom is 0.418 e. The van der Waals surface area contributed by atoms with Gasteiger partial charge in [-0.3, -0.25) is 4.79 Å². The van der Waals surface area contributed by atoms with Gasteiger partial charge in [-0.05, 0) is 61.0 Å². The Kier molecular flexibility index (Phi) is 5.78. The van der Waals surface area contributed by atoms with E-state index in [1.165, 1.54) is 48.3 Å². The summed E-state index contributed by atoms with van der Waals surface area (Å²) in [6.45, 7) is 1.60. The third kappa shape index (κ3) is 4.42. The van der Waals surface area contributed by atoms with Crippen LogP contribution in [0.3, 0.4) is 0 Å². The van der Waals surface area contributed by atoms with E-state index in [4.69, 9.17) is 0 Å². The van der Waals surface area contributed by atoms with Crippen molar-refractivity contribution in [3.8, 4) is 0 Å². The third-order valence-corrected chi connectivity index (χ3v) is 4.59. The molecule has 0 aliphatic rings. The van der Waals surface area contributed by atoms with Crippen molar-refractivity contribution in [1.29, 1.82) is 0 Å². The van der Waals surface area contributed by atoms with E-state index in [1.54, 1.807) is 13.0 Å². The van der Waals surface area contributed by atoms with Crippen LogP contribution in [0, 0.1) is 18.6 Å². The van der Waals surface area contributed by atoms with Crippen molar-refractivity contribution in [2.24, 2.45) is 0 Å². The topological polar surface area (TPSA) is 32.3 Å². The Morgan fingerprint density at radius 3 is 2.23 bits per heavy atom. The molecule has 156 valence electrons. The summed E-state index contributed by atoms with van der Waals surface area (Å²) < 4.78 is 67.3. The summed E-state index contributed by atoms with van der Waals surface area (Å²) in [4.78, 5) is 13.6. The van der Waals surface area contributed by atoms with Gasteiger partial charge in [-0.1, -0.05) is 12.1 Å². The maximum absolute atomic E-state index is 13.9. The zero-order chi connectivity index (χ0) is 22.1. The quantitative estimate of drug-likeness (QED) is 0.502. The van der Waals surface area contributed by atoms with E-state index in [0.717, 1.165) is 12.1 Å². The average molecular weight is 420 g/mol. The van der Waals surface area contributed by atoms with Gasteiger partial charge in [-0.2, -0.15) is 13.2 Å². The molecule has 1 amide bonds. The van der Waals surface area contributed by atoms with E-state index in [2.05, 4.69) is 5.32 Å². The summed E-state index contributed by atoms with van der Waals surface area (Å²) in [6.07, 6.45) is -4.65. The van der Waals surface area contributed by atoms with Crippen molar-refractivity contribution >= 4 is 23.0 Å². The molecule has 0 radical (unpaired) electrons. The van der Waals surface area contributed by atoms with Gasteiger partial charge >= 0.3 is 6.18 Å². The molecule has 30 heavy (non-hydrogen) atoms. The van der Waals surface area contributed by atoms with E-state index in [1.807, 2.05) is 0 Å². The number of hydrogen-bond donors (Lipinski definition) is 1. The monoisotopic (exact) mass is 420 g/mol. The molecule has 3 rings (SSSR count). The number of anilines is 3. The molecule has 3 nitrogen and oxygen atoms in total. The van der Waals surface area contributed by atoms with Gasteiger partial charge in [0.25, 0.3) is 5.91 Å². The lowest BCUT2D eigenvalue weighted by atomic mass is 10.1. The first-order valence-electron chi connectivity index (χ1n) is 8.85.